The van der Waals surface area contributed by atoms with Gasteiger partial charge in [-0.15, -0.1) is 0 Å². The number of rotatable bonds is 5. The molecule has 0 N–H and O–H groups in total. The average molecular weight is 414 g/mol. The van der Waals surface area contributed by atoms with E-state index in [-0.39, 0.29) is 0 Å². The predicted octanol–water partition coefficient (Wildman–Crippen LogP) is 7.01. The molecule has 28 heavy (non-hydrogen) atoms. The van der Waals surface area contributed by atoms with Gasteiger partial charge < -0.3 is 4.74 Å². The molecule has 146 valence electrons. The first-order chi connectivity index (χ1) is 13.7. The standard InChI is InChI=1S/C24H25Cl2NO/c25-20-8-6-18(23(26)15-20)7-11-24-22-10-9-21(14-19(22)12-13-27-24)28-16-17-4-2-1-3-5-17/h6-11,14-15,17H,1-5,12-13,16H2. The summed E-state index contributed by atoms with van der Waals surface area (Å²) >= 11 is 12.3. The summed E-state index contributed by atoms with van der Waals surface area (Å²) in [5.41, 5.74) is 4.41. The molecule has 0 spiro atoms. The Kier molecular flexibility index (Phi) is 6.39. The molecule has 0 saturated heterocycles. The van der Waals surface area contributed by atoms with Gasteiger partial charge >= 0.3 is 0 Å². The highest BCUT2D eigenvalue weighted by atomic mass is 35.5. The lowest BCUT2D eigenvalue weighted by atomic mass is 9.90. The second kappa shape index (κ2) is 9.15. The molecule has 2 aromatic rings. The molecule has 0 atom stereocenters. The Hall–Kier alpha value is -1.77. The lowest BCUT2D eigenvalue weighted by Crippen LogP contribution is -2.16. The number of fused-ring (bicyclic) bond motifs is 1. The lowest BCUT2D eigenvalue weighted by Gasteiger charge is -2.22. The molecule has 1 aliphatic heterocycles. The second-order valence-corrected chi connectivity index (χ2v) is 8.49. The van der Waals surface area contributed by atoms with E-state index in [0.717, 1.165) is 36.6 Å². The Balaban J connectivity index is 1.46. The quantitative estimate of drug-likeness (QED) is 0.516. The van der Waals surface area contributed by atoms with Gasteiger partial charge in [0.15, 0.2) is 0 Å². The van der Waals surface area contributed by atoms with Crippen LogP contribution in [0.15, 0.2) is 47.5 Å². The highest BCUT2D eigenvalue weighted by molar-refractivity contribution is 6.35. The Bertz CT molecular complexity index is 897. The summed E-state index contributed by atoms with van der Waals surface area (Å²) in [7, 11) is 0. The molecule has 0 amide bonds. The van der Waals surface area contributed by atoms with E-state index in [4.69, 9.17) is 32.9 Å². The SMILES string of the molecule is Clc1ccc(C=CC2=NCCc3cc(OCC4CCCCC4)ccc32)c(Cl)c1. The van der Waals surface area contributed by atoms with Crippen molar-refractivity contribution in [2.45, 2.75) is 38.5 Å². The monoisotopic (exact) mass is 413 g/mol. The lowest BCUT2D eigenvalue weighted by molar-refractivity contribution is 0.208. The van der Waals surface area contributed by atoms with E-state index in [1.54, 1.807) is 6.07 Å². The number of nitrogens with zero attached hydrogens (tertiary/aromatic N) is 1. The molecule has 0 bridgehead atoms. The number of aliphatic imine (C=N–C) groups is 1. The third-order valence-corrected chi connectivity index (χ3v) is 6.17. The minimum atomic E-state index is 0.642. The van der Waals surface area contributed by atoms with Crippen molar-refractivity contribution in [2.24, 2.45) is 10.9 Å². The molecule has 1 fully saturated rings. The van der Waals surface area contributed by atoms with Crippen molar-refractivity contribution in [3.8, 4) is 5.75 Å². The fraction of sp³-hybridized carbons (Fsp3) is 0.375. The molecule has 4 rings (SSSR count). The smallest absolute Gasteiger partial charge is 0.119 e. The summed E-state index contributed by atoms with van der Waals surface area (Å²) < 4.78 is 6.12. The molecule has 0 radical (unpaired) electrons. The van der Waals surface area contributed by atoms with E-state index < -0.39 is 0 Å². The largest absolute Gasteiger partial charge is 0.493 e. The third-order valence-electron chi connectivity index (χ3n) is 5.61. The summed E-state index contributed by atoms with van der Waals surface area (Å²) in [6.45, 7) is 1.64. The Morgan fingerprint density at radius 3 is 2.68 bits per heavy atom. The van der Waals surface area contributed by atoms with Crippen molar-refractivity contribution >= 4 is 35.0 Å². The van der Waals surface area contributed by atoms with Crippen LogP contribution in [0.25, 0.3) is 6.08 Å². The maximum atomic E-state index is 6.27. The van der Waals surface area contributed by atoms with Gasteiger partial charge in [0.25, 0.3) is 0 Å². The van der Waals surface area contributed by atoms with Crippen molar-refractivity contribution < 1.29 is 4.74 Å². The Morgan fingerprint density at radius 1 is 1.00 bits per heavy atom. The molecule has 2 aliphatic rings. The number of ether oxygens (including phenoxy) is 1. The fourth-order valence-corrected chi connectivity index (χ4v) is 4.49. The van der Waals surface area contributed by atoms with Gasteiger partial charge in [-0.3, -0.25) is 4.99 Å². The van der Waals surface area contributed by atoms with Crippen molar-refractivity contribution in [1.29, 1.82) is 0 Å². The summed E-state index contributed by atoms with van der Waals surface area (Å²) in [5.74, 6) is 1.70. The van der Waals surface area contributed by atoms with Gasteiger partial charge in [-0.25, -0.2) is 0 Å². The van der Waals surface area contributed by atoms with E-state index in [0.29, 0.717) is 16.0 Å². The Morgan fingerprint density at radius 2 is 1.86 bits per heavy atom. The van der Waals surface area contributed by atoms with Crippen LogP contribution in [0.5, 0.6) is 5.75 Å². The summed E-state index contributed by atoms with van der Waals surface area (Å²) in [6.07, 6.45) is 11.7. The van der Waals surface area contributed by atoms with Crippen LogP contribution < -0.4 is 4.74 Å². The van der Waals surface area contributed by atoms with Crippen molar-refractivity contribution in [1.82, 2.24) is 0 Å². The molecular weight excluding hydrogens is 389 g/mol. The van der Waals surface area contributed by atoms with Crippen molar-refractivity contribution in [3.05, 3.63) is 69.2 Å². The number of halogens is 2. The van der Waals surface area contributed by atoms with E-state index in [9.17, 15) is 0 Å². The Labute approximate surface area is 177 Å². The fourth-order valence-electron chi connectivity index (χ4n) is 4.01. The maximum Gasteiger partial charge on any atom is 0.119 e. The van der Waals surface area contributed by atoms with Crippen LogP contribution >= 0.6 is 23.2 Å². The summed E-state index contributed by atoms with van der Waals surface area (Å²) in [4.78, 5) is 4.70. The molecule has 1 saturated carbocycles. The van der Waals surface area contributed by atoms with Crippen LogP contribution in [-0.4, -0.2) is 18.9 Å². The predicted molar refractivity (Wildman–Crippen MR) is 119 cm³/mol. The maximum absolute atomic E-state index is 6.27. The van der Waals surface area contributed by atoms with Gasteiger partial charge in [0.05, 0.1) is 12.3 Å². The average Bonchev–Trinajstić information content (AvgIpc) is 2.72. The second-order valence-electron chi connectivity index (χ2n) is 7.65. The number of hydrogen-bond acceptors (Lipinski definition) is 2. The first-order valence-corrected chi connectivity index (χ1v) is 10.9. The molecular formula is C24H25Cl2NO. The van der Waals surface area contributed by atoms with Crippen molar-refractivity contribution in [3.63, 3.8) is 0 Å². The van der Waals surface area contributed by atoms with E-state index in [1.165, 1.54) is 43.2 Å². The van der Waals surface area contributed by atoms with Gasteiger partial charge in [-0.1, -0.05) is 54.6 Å². The van der Waals surface area contributed by atoms with Gasteiger partial charge in [-0.05, 0) is 72.7 Å². The van der Waals surface area contributed by atoms with E-state index in [2.05, 4.69) is 18.2 Å². The topological polar surface area (TPSA) is 21.6 Å². The normalized spacial score (nSPS) is 17.4. The van der Waals surface area contributed by atoms with Crippen LogP contribution in [0, 0.1) is 5.92 Å². The van der Waals surface area contributed by atoms with Crippen LogP contribution in [0.3, 0.4) is 0 Å². The minimum Gasteiger partial charge on any atom is -0.493 e. The van der Waals surface area contributed by atoms with Crippen LogP contribution in [0.4, 0.5) is 0 Å². The molecule has 2 nitrogen and oxygen atoms in total. The highest BCUT2D eigenvalue weighted by Gasteiger charge is 2.16. The zero-order valence-corrected chi connectivity index (χ0v) is 17.5. The molecule has 2 aromatic carbocycles. The van der Waals surface area contributed by atoms with Crippen LogP contribution in [0.1, 0.15) is 48.8 Å². The molecule has 1 heterocycles. The van der Waals surface area contributed by atoms with Gasteiger partial charge in [0.2, 0.25) is 0 Å². The summed E-state index contributed by atoms with van der Waals surface area (Å²) in [6, 6.07) is 11.9. The van der Waals surface area contributed by atoms with E-state index >= 15 is 0 Å². The number of allylic oxidation sites excluding steroid dienone is 1. The molecule has 0 unspecified atom stereocenters. The zero-order valence-electron chi connectivity index (χ0n) is 16.0. The van der Waals surface area contributed by atoms with Crippen LogP contribution in [0.2, 0.25) is 10.0 Å². The van der Waals surface area contributed by atoms with E-state index in [1.807, 2.05) is 24.3 Å². The van der Waals surface area contributed by atoms with Gasteiger partial charge in [0, 0.05) is 22.2 Å². The minimum absolute atomic E-state index is 0.642. The van der Waals surface area contributed by atoms with Gasteiger partial charge in [-0.2, -0.15) is 0 Å². The highest BCUT2D eigenvalue weighted by Crippen LogP contribution is 2.27. The molecule has 0 aromatic heterocycles. The van der Waals surface area contributed by atoms with Crippen molar-refractivity contribution in [2.75, 3.05) is 13.2 Å². The summed E-state index contributed by atoms with van der Waals surface area (Å²) in [5, 5.41) is 1.29. The first-order valence-electron chi connectivity index (χ1n) is 10.1. The molecule has 4 heteroatoms. The third kappa shape index (κ3) is 4.79. The van der Waals surface area contributed by atoms with Crippen LogP contribution in [-0.2, 0) is 6.42 Å². The van der Waals surface area contributed by atoms with Gasteiger partial charge in [0.1, 0.15) is 5.75 Å². The number of hydrogen-bond donors (Lipinski definition) is 0. The number of benzene rings is 2. The zero-order chi connectivity index (χ0) is 19.3. The first kappa shape index (κ1) is 19.5. The molecule has 1 aliphatic carbocycles.